The average Bonchev–Trinajstić information content (AvgIpc) is 3.21. The Morgan fingerprint density at radius 1 is 0.327 bits per heavy atom. The molecule has 0 spiro atoms. The number of ether oxygens (including phenoxy) is 2. The number of hydrogen-bond acceptors (Lipinski definition) is 4. The molecule has 52 heavy (non-hydrogen) atoms. The van der Waals surface area contributed by atoms with Gasteiger partial charge in [-0.2, -0.15) is 0 Å². The van der Waals surface area contributed by atoms with Gasteiger partial charge < -0.3 is 19.3 Å². The van der Waals surface area contributed by atoms with Crippen LogP contribution in [0.2, 0.25) is 0 Å². The summed E-state index contributed by atoms with van der Waals surface area (Å²) >= 11 is 0. The van der Waals surface area contributed by atoms with Crippen molar-refractivity contribution in [2.75, 3.05) is 9.80 Å². The van der Waals surface area contributed by atoms with Gasteiger partial charge >= 0.3 is 0 Å². The van der Waals surface area contributed by atoms with Crippen molar-refractivity contribution >= 4 is 11.4 Å². The largest absolute Gasteiger partial charge is 0.371 e. The standard InChI is InChI=1S/C48H66N2O2/c1-3-15-31(16-4-1)49-41-23-11-13-25-45(41)51-47-29-39-36-22-10-8-20-34(36)38-28-44-48(30-40(38)35-21-9-7-19-33(35)37(39)27-43(47)49)52-46-26-14-12-24-42(46)50(44)32-17-5-2-6-18-32/h1-6,15-18,33-48H,7-14,19-30H2. The topological polar surface area (TPSA) is 24.9 Å². The number of fused-ring (bicyclic) bond motifs is 12. The van der Waals surface area contributed by atoms with E-state index in [4.69, 9.17) is 9.47 Å². The first-order valence-corrected chi connectivity index (χ1v) is 22.8. The van der Waals surface area contributed by atoms with Crippen molar-refractivity contribution < 1.29 is 9.47 Å². The van der Waals surface area contributed by atoms with Crippen LogP contribution >= 0.6 is 0 Å². The van der Waals surface area contributed by atoms with Gasteiger partial charge in [0.05, 0.1) is 48.6 Å². The van der Waals surface area contributed by atoms with Gasteiger partial charge in [-0.1, -0.05) is 87.8 Å². The molecular formula is C48H66N2O2. The van der Waals surface area contributed by atoms with Crippen molar-refractivity contribution in [2.24, 2.45) is 47.3 Å². The summed E-state index contributed by atoms with van der Waals surface area (Å²) < 4.78 is 14.8. The van der Waals surface area contributed by atoms with E-state index in [1.165, 1.54) is 140 Å². The van der Waals surface area contributed by atoms with Gasteiger partial charge in [-0.15, -0.1) is 0 Å². The molecule has 4 heteroatoms. The molecule has 2 heterocycles. The summed E-state index contributed by atoms with van der Waals surface area (Å²) in [6.45, 7) is 0. The zero-order chi connectivity index (χ0) is 34.2. The molecule has 280 valence electrons. The maximum atomic E-state index is 7.41. The van der Waals surface area contributed by atoms with E-state index in [2.05, 4.69) is 70.5 Å². The molecule has 11 rings (SSSR count). The van der Waals surface area contributed by atoms with Gasteiger partial charge in [0.1, 0.15) is 0 Å². The first kappa shape index (κ1) is 33.3. The predicted molar refractivity (Wildman–Crippen MR) is 211 cm³/mol. The summed E-state index contributed by atoms with van der Waals surface area (Å²) in [5, 5.41) is 0. The third-order valence-electron chi connectivity index (χ3n) is 17.5. The highest BCUT2D eigenvalue weighted by molar-refractivity contribution is 5.51. The Balaban J connectivity index is 0.972. The highest BCUT2D eigenvalue weighted by atomic mass is 16.5. The Hall–Kier alpha value is -2.04. The van der Waals surface area contributed by atoms with E-state index in [0.717, 1.165) is 47.3 Å². The van der Waals surface area contributed by atoms with E-state index in [-0.39, 0.29) is 0 Å². The second-order valence-electron chi connectivity index (χ2n) is 19.6. The van der Waals surface area contributed by atoms with Crippen LogP contribution in [0.4, 0.5) is 11.4 Å². The summed E-state index contributed by atoms with van der Waals surface area (Å²) in [4.78, 5) is 5.96. The molecule has 0 amide bonds. The molecule has 0 bridgehead atoms. The van der Waals surface area contributed by atoms with E-state index < -0.39 is 0 Å². The van der Waals surface area contributed by atoms with Crippen LogP contribution in [0.25, 0.3) is 0 Å². The SMILES string of the molecule is c1ccc(N2C3CCCCC3OC3CC4C5CCCCC5C5CC6C(CC5C5CCCCC5C4CC32)OC2CCCCC2N6c2ccccc2)cc1. The fraction of sp³-hybridized carbons (Fsp3) is 0.750. The number of hydrogen-bond donors (Lipinski definition) is 0. The van der Waals surface area contributed by atoms with Gasteiger partial charge in [0.25, 0.3) is 0 Å². The van der Waals surface area contributed by atoms with Crippen LogP contribution in [-0.4, -0.2) is 48.6 Å². The third-order valence-corrected chi connectivity index (χ3v) is 17.5. The molecule has 2 aromatic rings. The van der Waals surface area contributed by atoms with Gasteiger partial charge in [0.15, 0.2) is 0 Å². The molecule has 2 saturated heterocycles. The van der Waals surface area contributed by atoms with Crippen LogP contribution in [0.1, 0.15) is 128 Å². The summed E-state index contributed by atoms with van der Waals surface area (Å²) in [5.74, 6) is 6.99. The van der Waals surface area contributed by atoms with Crippen LogP contribution in [0, 0.1) is 47.3 Å². The Morgan fingerprint density at radius 3 is 1.08 bits per heavy atom. The van der Waals surface area contributed by atoms with Crippen molar-refractivity contribution in [3.8, 4) is 0 Å². The molecule has 0 aromatic heterocycles. The molecule has 4 nitrogen and oxygen atoms in total. The normalized spacial score (nSPS) is 47.0. The van der Waals surface area contributed by atoms with E-state index in [0.29, 0.717) is 48.6 Å². The number of morpholine rings is 2. The Bertz CT molecular complexity index is 1400. The van der Waals surface area contributed by atoms with Crippen LogP contribution < -0.4 is 9.80 Å². The first-order valence-electron chi connectivity index (χ1n) is 22.8. The second kappa shape index (κ2) is 13.9. The highest BCUT2D eigenvalue weighted by Gasteiger charge is 2.60. The van der Waals surface area contributed by atoms with E-state index in [1.54, 1.807) is 0 Å². The zero-order valence-electron chi connectivity index (χ0n) is 31.9. The monoisotopic (exact) mass is 703 g/mol. The summed E-state index contributed by atoms with van der Waals surface area (Å²) in [6, 6.07) is 25.5. The number of nitrogens with zero attached hydrogens (tertiary/aromatic N) is 2. The lowest BCUT2D eigenvalue weighted by Gasteiger charge is -2.64. The fourth-order valence-corrected chi connectivity index (χ4v) is 15.8. The van der Waals surface area contributed by atoms with E-state index >= 15 is 0 Å². The summed E-state index contributed by atoms with van der Waals surface area (Å²) in [7, 11) is 0. The Labute approximate surface area is 314 Å². The van der Waals surface area contributed by atoms with Gasteiger partial charge in [-0.3, -0.25) is 0 Å². The van der Waals surface area contributed by atoms with Gasteiger partial charge in [0, 0.05) is 11.4 Å². The summed E-state index contributed by atoms with van der Waals surface area (Å²) in [5.41, 5.74) is 2.96. The van der Waals surface area contributed by atoms with Crippen LogP contribution in [0.15, 0.2) is 60.7 Å². The molecule has 0 radical (unpaired) electrons. The van der Waals surface area contributed by atoms with E-state index in [9.17, 15) is 0 Å². The lowest BCUT2D eigenvalue weighted by atomic mass is 9.47. The molecular weight excluding hydrogens is 637 g/mol. The molecule has 16 atom stereocenters. The molecule has 7 saturated carbocycles. The van der Waals surface area contributed by atoms with Crippen molar-refractivity contribution in [3.05, 3.63) is 60.7 Å². The number of anilines is 2. The Morgan fingerprint density at radius 2 is 0.673 bits per heavy atom. The molecule has 9 fully saturated rings. The average molecular weight is 703 g/mol. The van der Waals surface area contributed by atoms with Gasteiger partial charge in [-0.25, -0.2) is 0 Å². The first-order chi connectivity index (χ1) is 25.8. The zero-order valence-corrected chi connectivity index (χ0v) is 31.9. The molecule has 0 N–H and O–H groups in total. The number of benzene rings is 2. The van der Waals surface area contributed by atoms with Crippen molar-refractivity contribution in [1.82, 2.24) is 0 Å². The minimum Gasteiger partial charge on any atom is -0.371 e. The molecule has 16 unspecified atom stereocenters. The smallest absolute Gasteiger partial charge is 0.0786 e. The number of para-hydroxylation sites is 2. The number of rotatable bonds is 2. The summed E-state index contributed by atoms with van der Waals surface area (Å²) in [6.07, 6.45) is 29.4. The van der Waals surface area contributed by atoms with Crippen molar-refractivity contribution in [2.45, 2.75) is 177 Å². The quantitative estimate of drug-likeness (QED) is 0.291. The van der Waals surface area contributed by atoms with Crippen molar-refractivity contribution in [1.29, 1.82) is 0 Å². The minimum absolute atomic E-state index is 0.403. The Kier molecular flexibility index (Phi) is 8.91. The maximum Gasteiger partial charge on any atom is 0.0786 e. The minimum atomic E-state index is 0.403. The van der Waals surface area contributed by atoms with Gasteiger partial charge in [0.2, 0.25) is 0 Å². The van der Waals surface area contributed by atoms with Crippen LogP contribution in [0.5, 0.6) is 0 Å². The predicted octanol–water partition coefficient (Wildman–Crippen LogP) is 10.8. The maximum absolute atomic E-state index is 7.41. The molecule has 2 aromatic carbocycles. The molecule has 7 aliphatic carbocycles. The lowest BCUT2D eigenvalue weighted by molar-refractivity contribution is -0.168. The van der Waals surface area contributed by atoms with Crippen molar-refractivity contribution in [3.63, 3.8) is 0 Å². The fourth-order valence-electron chi connectivity index (χ4n) is 15.8. The van der Waals surface area contributed by atoms with Crippen LogP contribution in [0.3, 0.4) is 0 Å². The highest BCUT2D eigenvalue weighted by Crippen LogP contribution is 2.62. The van der Waals surface area contributed by atoms with E-state index in [1.807, 2.05) is 0 Å². The second-order valence-corrected chi connectivity index (χ2v) is 19.6. The lowest BCUT2D eigenvalue weighted by Crippen LogP contribution is -2.67. The van der Waals surface area contributed by atoms with Crippen LogP contribution in [-0.2, 0) is 9.47 Å². The molecule has 9 aliphatic rings. The third kappa shape index (κ3) is 5.56. The molecule has 2 aliphatic heterocycles. The van der Waals surface area contributed by atoms with Gasteiger partial charge in [-0.05, 0) is 149 Å².